The number of carbonyl (C=O) groups is 1. The van der Waals surface area contributed by atoms with Gasteiger partial charge < -0.3 is 14.2 Å². The van der Waals surface area contributed by atoms with Crippen molar-refractivity contribution in [3.8, 4) is 0 Å². The molecule has 28 heavy (non-hydrogen) atoms. The molecule has 1 aliphatic rings. The highest BCUT2D eigenvalue weighted by Gasteiger charge is 2.44. The summed E-state index contributed by atoms with van der Waals surface area (Å²) in [7, 11) is 0. The Morgan fingerprint density at radius 2 is 2.07 bits per heavy atom. The van der Waals surface area contributed by atoms with Crippen LogP contribution in [0, 0.1) is 5.41 Å². The zero-order valence-electron chi connectivity index (χ0n) is 16.2. The van der Waals surface area contributed by atoms with Crippen LogP contribution in [-0.4, -0.2) is 46.3 Å². The molecule has 0 saturated carbocycles. The summed E-state index contributed by atoms with van der Waals surface area (Å²) in [5.41, 5.74) is 0.945. The van der Waals surface area contributed by atoms with Crippen molar-refractivity contribution in [2.75, 3.05) is 13.2 Å². The van der Waals surface area contributed by atoms with Crippen LogP contribution in [0.5, 0.6) is 0 Å². The Kier molecular flexibility index (Phi) is 6.49. The van der Waals surface area contributed by atoms with Crippen molar-refractivity contribution in [3.63, 3.8) is 0 Å². The van der Waals surface area contributed by atoms with Crippen LogP contribution in [0.25, 0.3) is 11.8 Å². The second-order valence-corrected chi connectivity index (χ2v) is 7.50. The minimum absolute atomic E-state index is 0.249. The van der Waals surface area contributed by atoms with E-state index in [1.807, 2.05) is 32.1 Å². The number of rotatable bonds is 6. The first kappa shape index (κ1) is 20.5. The zero-order chi connectivity index (χ0) is 20.1. The van der Waals surface area contributed by atoms with E-state index in [9.17, 15) is 4.79 Å². The zero-order valence-corrected chi connectivity index (χ0v) is 16.9. The summed E-state index contributed by atoms with van der Waals surface area (Å²) in [5.74, 6) is -0.397. The molecule has 7 nitrogen and oxygen atoms in total. The number of nitrogens with zero attached hydrogens (tertiary/aromatic N) is 3. The van der Waals surface area contributed by atoms with Gasteiger partial charge in [-0.1, -0.05) is 37.6 Å². The van der Waals surface area contributed by atoms with Gasteiger partial charge in [-0.25, -0.2) is 9.67 Å². The topological polar surface area (TPSA) is 75.5 Å². The lowest BCUT2D eigenvalue weighted by atomic mass is 9.82. The Labute approximate surface area is 169 Å². The summed E-state index contributed by atoms with van der Waals surface area (Å²) >= 11 is 6.00. The van der Waals surface area contributed by atoms with Gasteiger partial charge in [0.1, 0.15) is 12.7 Å². The van der Waals surface area contributed by atoms with Crippen LogP contribution in [0.4, 0.5) is 0 Å². The molecule has 1 unspecified atom stereocenters. The van der Waals surface area contributed by atoms with E-state index >= 15 is 0 Å². The highest BCUT2D eigenvalue weighted by atomic mass is 35.5. The Bertz CT molecular complexity index is 812. The van der Waals surface area contributed by atoms with E-state index in [0.29, 0.717) is 23.9 Å². The molecule has 3 rings (SSSR count). The van der Waals surface area contributed by atoms with Crippen molar-refractivity contribution < 1.29 is 19.0 Å². The quantitative estimate of drug-likeness (QED) is 0.683. The van der Waals surface area contributed by atoms with E-state index < -0.39 is 17.5 Å². The molecule has 0 bridgehead atoms. The molecular formula is C20H24ClN3O4. The molecule has 0 amide bonds. The van der Waals surface area contributed by atoms with Crippen molar-refractivity contribution in [3.05, 3.63) is 47.5 Å². The Morgan fingerprint density at radius 3 is 2.61 bits per heavy atom. The summed E-state index contributed by atoms with van der Waals surface area (Å²) < 4.78 is 19.0. The number of benzene rings is 1. The van der Waals surface area contributed by atoms with Gasteiger partial charge in [-0.3, -0.25) is 4.79 Å². The first-order chi connectivity index (χ1) is 13.4. The fraction of sp³-hybridized carbons (Fsp3) is 0.450. The SMILES string of the molecule is CCC1OCC(C)(C(OC(C)=O)/C(=C/c2ccc(Cl)cc2)n2cncn2)CO1. The van der Waals surface area contributed by atoms with Gasteiger partial charge in [0.25, 0.3) is 0 Å². The molecule has 0 spiro atoms. The van der Waals surface area contributed by atoms with Gasteiger partial charge in [0.2, 0.25) is 0 Å². The number of aromatic nitrogens is 3. The highest BCUT2D eigenvalue weighted by molar-refractivity contribution is 6.30. The first-order valence-electron chi connectivity index (χ1n) is 9.14. The molecule has 2 heterocycles. The van der Waals surface area contributed by atoms with Crippen molar-refractivity contribution in [2.24, 2.45) is 5.41 Å². The predicted molar refractivity (Wildman–Crippen MR) is 105 cm³/mol. The number of hydrogen-bond donors (Lipinski definition) is 0. The number of hydrogen-bond acceptors (Lipinski definition) is 6. The lowest BCUT2D eigenvalue weighted by molar-refractivity contribution is -0.242. The molecule has 150 valence electrons. The molecule has 8 heteroatoms. The van der Waals surface area contributed by atoms with E-state index in [2.05, 4.69) is 10.1 Å². The largest absolute Gasteiger partial charge is 0.455 e. The minimum Gasteiger partial charge on any atom is -0.455 e. The van der Waals surface area contributed by atoms with Gasteiger partial charge in [0, 0.05) is 11.9 Å². The molecule has 1 aromatic heterocycles. The minimum atomic E-state index is -0.653. The van der Waals surface area contributed by atoms with Crippen molar-refractivity contribution in [1.29, 1.82) is 0 Å². The van der Waals surface area contributed by atoms with E-state index in [4.69, 9.17) is 25.8 Å². The molecule has 1 atom stereocenters. The molecular weight excluding hydrogens is 382 g/mol. The van der Waals surface area contributed by atoms with Crippen LogP contribution in [0.2, 0.25) is 5.02 Å². The maximum atomic E-state index is 11.9. The number of esters is 1. The lowest BCUT2D eigenvalue weighted by Crippen LogP contribution is -2.49. The van der Waals surface area contributed by atoms with E-state index in [1.165, 1.54) is 13.3 Å². The summed E-state index contributed by atoms with van der Waals surface area (Å²) in [6.45, 7) is 6.13. The fourth-order valence-corrected chi connectivity index (χ4v) is 3.23. The third kappa shape index (κ3) is 4.79. The van der Waals surface area contributed by atoms with E-state index in [-0.39, 0.29) is 6.29 Å². The Hall–Kier alpha value is -2.22. The van der Waals surface area contributed by atoms with Gasteiger partial charge in [-0.2, -0.15) is 5.10 Å². The second kappa shape index (κ2) is 8.86. The monoisotopic (exact) mass is 405 g/mol. The van der Waals surface area contributed by atoms with Gasteiger partial charge in [0.05, 0.1) is 24.3 Å². The fourth-order valence-electron chi connectivity index (χ4n) is 3.10. The molecule has 1 fully saturated rings. The normalized spacial score (nSPS) is 24.0. The average Bonchev–Trinajstić information content (AvgIpc) is 3.21. The van der Waals surface area contributed by atoms with Crippen molar-refractivity contribution >= 4 is 29.3 Å². The van der Waals surface area contributed by atoms with Crippen LogP contribution in [-0.2, 0) is 19.0 Å². The maximum absolute atomic E-state index is 11.9. The highest BCUT2D eigenvalue weighted by Crippen LogP contribution is 2.37. The Morgan fingerprint density at radius 1 is 1.39 bits per heavy atom. The van der Waals surface area contributed by atoms with Crippen molar-refractivity contribution in [2.45, 2.75) is 39.6 Å². The molecule has 1 aromatic carbocycles. The molecule has 0 N–H and O–H groups in total. The second-order valence-electron chi connectivity index (χ2n) is 7.06. The Balaban J connectivity index is 2.02. The van der Waals surface area contributed by atoms with Gasteiger partial charge in [0.15, 0.2) is 12.4 Å². The molecule has 1 aliphatic heterocycles. The smallest absolute Gasteiger partial charge is 0.303 e. The third-order valence-corrected chi connectivity index (χ3v) is 4.84. The molecule has 1 saturated heterocycles. The summed E-state index contributed by atoms with van der Waals surface area (Å²) in [6.07, 6.45) is 4.76. The summed E-state index contributed by atoms with van der Waals surface area (Å²) in [5, 5.41) is 4.90. The summed E-state index contributed by atoms with van der Waals surface area (Å²) in [4.78, 5) is 16.0. The van der Waals surface area contributed by atoms with Crippen LogP contribution in [0.1, 0.15) is 32.8 Å². The van der Waals surface area contributed by atoms with Gasteiger partial charge >= 0.3 is 5.97 Å². The van der Waals surface area contributed by atoms with Crippen LogP contribution < -0.4 is 0 Å². The number of carbonyl (C=O) groups excluding carboxylic acids is 1. The number of halogens is 1. The first-order valence-corrected chi connectivity index (χ1v) is 9.51. The van der Waals surface area contributed by atoms with Gasteiger partial charge in [-0.15, -0.1) is 0 Å². The molecule has 0 aliphatic carbocycles. The van der Waals surface area contributed by atoms with Gasteiger partial charge in [-0.05, 0) is 30.2 Å². The van der Waals surface area contributed by atoms with E-state index in [0.717, 1.165) is 12.0 Å². The maximum Gasteiger partial charge on any atom is 0.303 e. The number of ether oxygens (including phenoxy) is 3. The average molecular weight is 406 g/mol. The standard InChI is InChI=1S/C20H24ClN3O4/c1-4-18-26-10-20(3,11-27-18)19(28-14(2)25)17(24-13-22-12-23-24)9-15-5-7-16(21)8-6-15/h5-9,12-13,18-19H,4,10-11H2,1-3H3/b17-9-. The van der Waals surface area contributed by atoms with E-state index in [1.54, 1.807) is 23.1 Å². The molecule has 0 radical (unpaired) electrons. The van der Waals surface area contributed by atoms with Crippen LogP contribution >= 0.6 is 11.6 Å². The predicted octanol–water partition coefficient (Wildman–Crippen LogP) is 3.65. The third-order valence-electron chi connectivity index (χ3n) is 4.58. The van der Waals surface area contributed by atoms with Crippen molar-refractivity contribution in [1.82, 2.24) is 14.8 Å². The summed E-state index contributed by atoms with van der Waals surface area (Å²) in [6, 6.07) is 7.36. The molecule has 2 aromatic rings. The lowest BCUT2D eigenvalue weighted by Gasteiger charge is -2.42. The van der Waals surface area contributed by atoms with Crippen LogP contribution in [0.15, 0.2) is 36.9 Å². The van der Waals surface area contributed by atoms with Crippen LogP contribution in [0.3, 0.4) is 0 Å².